The highest BCUT2D eigenvalue weighted by Crippen LogP contribution is 2.16. The van der Waals surface area contributed by atoms with Gasteiger partial charge in [-0.1, -0.05) is 12.2 Å². The number of pyridine rings is 1. The lowest BCUT2D eigenvalue weighted by Crippen LogP contribution is -2.18. The van der Waals surface area contributed by atoms with Crippen molar-refractivity contribution >= 4 is 11.7 Å². The first-order valence-corrected chi connectivity index (χ1v) is 4.57. The average molecular weight is 202 g/mol. The maximum absolute atomic E-state index is 10.7. The van der Waals surface area contributed by atoms with E-state index in [2.05, 4.69) is 4.98 Å². The number of allylic oxidation sites excluding steroid dienone is 2. The molecule has 15 heavy (non-hydrogen) atoms. The lowest BCUT2D eigenvalue weighted by atomic mass is 10.2. The molecular weight excluding hydrogens is 192 g/mol. The molecule has 1 aromatic heterocycles. The summed E-state index contributed by atoms with van der Waals surface area (Å²) in [5.41, 5.74) is 0.901. The fraction of sp³-hybridized carbons (Fsp3) is 0.0909. The Bertz CT molecular complexity index is 438. The van der Waals surface area contributed by atoms with Crippen molar-refractivity contribution in [3.8, 4) is 0 Å². The number of aromatic carboxylic acids is 1. The number of carbonyl (C=O) groups is 1. The molecule has 0 saturated heterocycles. The van der Waals surface area contributed by atoms with Crippen LogP contribution in [-0.4, -0.2) is 22.6 Å². The van der Waals surface area contributed by atoms with Gasteiger partial charge >= 0.3 is 5.97 Å². The van der Waals surface area contributed by atoms with Crippen LogP contribution in [0.25, 0.3) is 0 Å². The van der Waals surface area contributed by atoms with Gasteiger partial charge < -0.3 is 10.0 Å². The van der Waals surface area contributed by atoms with E-state index in [0.717, 1.165) is 12.2 Å². The second kappa shape index (κ2) is 3.96. The van der Waals surface area contributed by atoms with Gasteiger partial charge in [-0.2, -0.15) is 0 Å². The van der Waals surface area contributed by atoms with Crippen LogP contribution in [0.5, 0.6) is 0 Å². The Morgan fingerprint density at radius 3 is 3.00 bits per heavy atom. The van der Waals surface area contributed by atoms with E-state index in [9.17, 15) is 4.79 Å². The van der Waals surface area contributed by atoms with Crippen molar-refractivity contribution < 1.29 is 9.90 Å². The van der Waals surface area contributed by atoms with Gasteiger partial charge in [0.05, 0.1) is 0 Å². The normalized spacial score (nSPS) is 14.3. The van der Waals surface area contributed by atoms with Gasteiger partial charge in [-0.25, -0.2) is 9.78 Å². The molecule has 0 fully saturated rings. The van der Waals surface area contributed by atoms with Crippen molar-refractivity contribution in [1.29, 1.82) is 0 Å². The number of hydrogen-bond acceptors (Lipinski definition) is 3. The lowest BCUT2D eigenvalue weighted by Gasteiger charge is -2.20. The Kier molecular flexibility index (Phi) is 2.49. The molecule has 1 aromatic rings. The van der Waals surface area contributed by atoms with Crippen LogP contribution in [0.15, 0.2) is 42.8 Å². The van der Waals surface area contributed by atoms with E-state index < -0.39 is 5.97 Å². The third-order valence-electron chi connectivity index (χ3n) is 2.11. The lowest BCUT2D eigenvalue weighted by molar-refractivity contribution is 0.0690. The molecule has 0 spiro atoms. The van der Waals surface area contributed by atoms with E-state index in [0.29, 0.717) is 0 Å². The van der Waals surface area contributed by atoms with Gasteiger partial charge in [0, 0.05) is 24.6 Å². The number of nitrogens with zero attached hydrogens (tertiary/aromatic N) is 2. The van der Waals surface area contributed by atoms with Crippen LogP contribution in [0.1, 0.15) is 10.5 Å². The van der Waals surface area contributed by atoms with Crippen molar-refractivity contribution in [2.45, 2.75) is 0 Å². The standard InChI is InChI=1S/C11H10N2O2/c14-11(15)10-8-9(4-5-12-10)13-6-2-1-3-7-13/h1-6,8H,7H2,(H,14,15). The summed E-state index contributed by atoms with van der Waals surface area (Å²) in [5, 5.41) is 8.79. The third kappa shape index (κ3) is 2.04. The van der Waals surface area contributed by atoms with Crippen LogP contribution in [0, 0.1) is 0 Å². The number of rotatable bonds is 2. The van der Waals surface area contributed by atoms with Gasteiger partial charge in [-0.15, -0.1) is 0 Å². The molecule has 4 heteroatoms. The highest BCUT2D eigenvalue weighted by molar-refractivity contribution is 5.86. The zero-order valence-electron chi connectivity index (χ0n) is 8.00. The smallest absolute Gasteiger partial charge is 0.354 e. The van der Waals surface area contributed by atoms with E-state index in [1.165, 1.54) is 6.20 Å². The molecule has 0 unspecified atom stereocenters. The highest BCUT2D eigenvalue weighted by atomic mass is 16.4. The Hall–Kier alpha value is -2.10. The SMILES string of the molecule is O=C(O)c1cc(N2C=CC=CC2)ccn1. The minimum atomic E-state index is -1.01. The molecule has 0 aliphatic carbocycles. The Balaban J connectivity index is 2.28. The summed E-state index contributed by atoms with van der Waals surface area (Å²) in [6, 6.07) is 3.35. The van der Waals surface area contributed by atoms with E-state index >= 15 is 0 Å². The van der Waals surface area contributed by atoms with Gasteiger partial charge in [0.15, 0.2) is 0 Å². The molecule has 1 aliphatic rings. The summed E-state index contributed by atoms with van der Waals surface area (Å²) in [6.45, 7) is 0.750. The van der Waals surface area contributed by atoms with E-state index in [4.69, 9.17) is 5.11 Å². The Morgan fingerprint density at radius 2 is 2.33 bits per heavy atom. The quantitative estimate of drug-likeness (QED) is 0.792. The average Bonchev–Trinajstić information content (AvgIpc) is 2.30. The number of carboxylic acids is 1. The Labute approximate surface area is 87.2 Å². The van der Waals surface area contributed by atoms with Gasteiger partial charge in [0.25, 0.3) is 0 Å². The topological polar surface area (TPSA) is 53.4 Å². The van der Waals surface area contributed by atoms with E-state index in [-0.39, 0.29) is 5.69 Å². The minimum Gasteiger partial charge on any atom is -0.477 e. The summed E-state index contributed by atoms with van der Waals surface area (Å²) in [5.74, 6) is -1.01. The maximum Gasteiger partial charge on any atom is 0.354 e. The molecule has 0 aromatic carbocycles. The van der Waals surface area contributed by atoms with Crippen molar-refractivity contribution in [3.63, 3.8) is 0 Å². The van der Waals surface area contributed by atoms with Gasteiger partial charge in [0.2, 0.25) is 0 Å². The molecule has 4 nitrogen and oxygen atoms in total. The van der Waals surface area contributed by atoms with Gasteiger partial charge in [0.1, 0.15) is 5.69 Å². The predicted octanol–water partition coefficient (Wildman–Crippen LogP) is 1.67. The summed E-state index contributed by atoms with van der Waals surface area (Å²) < 4.78 is 0. The van der Waals surface area contributed by atoms with Crippen LogP contribution < -0.4 is 4.90 Å². The molecule has 1 N–H and O–H groups in total. The highest BCUT2D eigenvalue weighted by Gasteiger charge is 2.08. The fourth-order valence-electron chi connectivity index (χ4n) is 1.37. The van der Waals surface area contributed by atoms with Crippen molar-refractivity contribution in [2.75, 3.05) is 11.4 Å². The molecule has 1 aliphatic heterocycles. The number of anilines is 1. The summed E-state index contributed by atoms with van der Waals surface area (Å²) >= 11 is 0. The van der Waals surface area contributed by atoms with E-state index in [1.807, 2.05) is 29.3 Å². The summed E-state index contributed by atoms with van der Waals surface area (Å²) in [7, 11) is 0. The molecule has 0 radical (unpaired) electrons. The minimum absolute atomic E-state index is 0.0652. The monoisotopic (exact) mass is 202 g/mol. The van der Waals surface area contributed by atoms with Crippen molar-refractivity contribution in [3.05, 3.63) is 48.5 Å². The summed E-state index contributed by atoms with van der Waals surface area (Å²) in [6.07, 6.45) is 9.27. The van der Waals surface area contributed by atoms with E-state index in [1.54, 1.807) is 12.1 Å². The zero-order chi connectivity index (χ0) is 10.7. The zero-order valence-corrected chi connectivity index (χ0v) is 8.00. The van der Waals surface area contributed by atoms with Crippen molar-refractivity contribution in [2.24, 2.45) is 0 Å². The molecule has 0 amide bonds. The molecule has 0 atom stereocenters. The second-order valence-corrected chi connectivity index (χ2v) is 3.13. The number of carboxylic acid groups (broad SMARTS) is 1. The summed E-state index contributed by atoms with van der Waals surface area (Å²) in [4.78, 5) is 16.4. The van der Waals surface area contributed by atoms with Crippen LogP contribution in [0.3, 0.4) is 0 Å². The van der Waals surface area contributed by atoms with Crippen LogP contribution in [0.4, 0.5) is 5.69 Å². The van der Waals surface area contributed by atoms with Crippen LogP contribution >= 0.6 is 0 Å². The molecule has 2 heterocycles. The molecular formula is C11H10N2O2. The second-order valence-electron chi connectivity index (χ2n) is 3.13. The number of hydrogen-bond donors (Lipinski definition) is 1. The third-order valence-corrected chi connectivity index (χ3v) is 2.11. The molecule has 2 rings (SSSR count). The van der Waals surface area contributed by atoms with Crippen molar-refractivity contribution in [1.82, 2.24) is 4.98 Å². The molecule has 0 bridgehead atoms. The van der Waals surface area contributed by atoms with Gasteiger partial charge in [-0.3, -0.25) is 0 Å². The molecule has 0 saturated carbocycles. The van der Waals surface area contributed by atoms with Gasteiger partial charge in [-0.05, 0) is 18.2 Å². The van der Waals surface area contributed by atoms with Crippen LogP contribution in [0.2, 0.25) is 0 Å². The maximum atomic E-state index is 10.7. The predicted molar refractivity (Wildman–Crippen MR) is 56.8 cm³/mol. The fourth-order valence-corrected chi connectivity index (χ4v) is 1.37. The Morgan fingerprint density at radius 1 is 1.47 bits per heavy atom. The number of aromatic nitrogens is 1. The first-order valence-electron chi connectivity index (χ1n) is 4.57. The first-order chi connectivity index (χ1) is 7.27. The molecule has 76 valence electrons. The largest absolute Gasteiger partial charge is 0.477 e. The first kappa shape index (κ1) is 9.45. The van der Waals surface area contributed by atoms with Crippen LogP contribution in [-0.2, 0) is 0 Å².